The second kappa shape index (κ2) is 4.76. The molecule has 1 heterocycles. The van der Waals surface area contributed by atoms with Gasteiger partial charge in [-0.15, -0.1) is 0 Å². The van der Waals surface area contributed by atoms with Gasteiger partial charge in [0.15, 0.2) is 9.84 Å². The molecule has 0 saturated heterocycles. The quantitative estimate of drug-likeness (QED) is 0.769. The smallest absolute Gasteiger partial charge is 0.154 e. The third-order valence-electron chi connectivity index (χ3n) is 2.09. The number of aryl methyl sites for hydroxylation is 1. The van der Waals surface area contributed by atoms with Crippen molar-refractivity contribution in [2.45, 2.75) is 12.7 Å². The van der Waals surface area contributed by atoms with Gasteiger partial charge in [0.2, 0.25) is 0 Å². The minimum atomic E-state index is -3.07. The largest absolute Gasteiger partial charge is 0.330 e. The molecule has 1 aromatic heterocycles. The van der Waals surface area contributed by atoms with E-state index in [4.69, 9.17) is 5.73 Å². The lowest BCUT2D eigenvalue weighted by molar-refractivity contribution is 0.573. The summed E-state index contributed by atoms with van der Waals surface area (Å²) in [5.41, 5.74) is 6.12. The van der Waals surface area contributed by atoms with Gasteiger partial charge in [-0.25, -0.2) is 8.42 Å². The summed E-state index contributed by atoms with van der Waals surface area (Å²) in [5, 5.41) is 3.93. The number of nitrogens with zero attached hydrogens (tertiary/aromatic N) is 2. The summed E-state index contributed by atoms with van der Waals surface area (Å²) < 4.78 is 25.0. The molecule has 0 aliphatic heterocycles. The topological polar surface area (TPSA) is 78.0 Å². The van der Waals surface area contributed by atoms with Gasteiger partial charge in [-0.1, -0.05) is 6.92 Å². The fourth-order valence-corrected chi connectivity index (χ4v) is 3.14. The third-order valence-corrected chi connectivity index (χ3v) is 3.94. The molecule has 1 unspecified atom stereocenters. The zero-order valence-electron chi connectivity index (χ0n) is 9.05. The normalized spacial score (nSPS) is 14.1. The molecule has 1 rings (SSSR count). The fourth-order valence-electron chi connectivity index (χ4n) is 1.36. The molecule has 0 radical (unpaired) electrons. The van der Waals surface area contributed by atoms with Gasteiger partial charge in [0.1, 0.15) is 0 Å². The van der Waals surface area contributed by atoms with Crippen molar-refractivity contribution in [2.75, 3.05) is 12.3 Å². The molecule has 5 nitrogen and oxygen atoms in total. The molecular formula is C9H17N3O2S. The molecule has 6 heteroatoms. The van der Waals surface area contributed by atoms with Crippen LogP contribution in [0, 0.1) is 5.92 Å². The Bertz CT molecular complexity index is 411. The molecule has 0 spiro atoms. The van der Waals surface area contributed by atoms with Crippen LogP contribution in [0.4, 0.5) is 0 Å². The number of hydrogen-bond donors (Lipinski definition) is 1. The highest BCUT2D eigenvalue weighted by Crippen LogP contribution is 2.08. The van der Waals surface area contributed by atoms with Gasteiger partial charge in [0.25, 0.3) is 0 Å². The minimum Gasteiger partial charge on any atom is -0.330 e. The lowest BCUT2D eigenvalue weighted by atomic mass is 10.2. The minimum absolute atomic E-state index is 0.00618. The van der Waals surface area contributed by atoms with Gasteiger partial charge in [-0.3, -0.25) is 4.68 Å². The van der Waals surface area contributed by atoms with Crippen LogP contribution in [0.1, 0.15) is 12.5 Å². The Morgan fingerprint density at radius 1 is 1.60 bits per heavy atom. The van der Waals surface area contributed by atoms with Gasteiger partial charge in [-0.2, -0.15) is 5.10 Å². The molecular weight excluding hydrogens is 214 g/mol. The second-order valence-corrected chi connectivity index (χ2v) is 6.03. The van der Waals surface area contributed by atoms with Crippen molar-refractivity contribution < 1.29 is 8.42 Å². The van der Waals surface area contributed by atoms with Gasteiger partial charge >= 0.3 is 0 Å². The van der Waals surface area contributed by atoms with E-state index in [0.717, 1.165) is 5.56 Å². The molecule has 1 aromatic rings. The maximum absolute atomic E-state index is 11.7. The highest BCUT2D eigenvalue weighted by atomic mass is 32.2. The van der Waals surface area contributed by atoms with Crippen molar-refractivity contribution in [3.8, 4) is 0 Å². The van der Waals surface area contributed by atoms with Crippen LogP contribution < -0.4 is 5.73 Å². The van der Waals surface area contributed by atoms with E-state index >= 15 is 0 Å². The van der Waals surface area contributed by atoms with Gasteiger partial charge in [0.05, 0.1) is 17.7 Å². The van der Waals surface area contributed by atoms with E-state index in [0.29, 0.717) is 6.54 Å². The van der Waals surface area contributed by atoms with Crippen LogP contribution in [0.2, 0.25) is 0 Å². The first-order valence-corrected chi connectivity index (χ1v) is 6.63. The molecule has 0 saturated carbocycles. The summed E-state index contributed by atoms with van der Waals surface area (Å²) in [7, 11) is -1.30. The van der Waals surface area contributed by atoms with Crippen molar-refractivity contribution in [1.82, 2.24) is 9.78 Å². The predicted octanol–water partition coefficient (Wildman–Crippen LogP) is -0.0703. The molecule has 0 aliphatic carbocycles. The molecule has 0 bridgehead atoms. The van der Waals surface area contributed by atoms with E-state index in [1.807, 2.05) is 6.92 Å². The summed E-state index contributed by atoms with van der Waals surface area (Å²) in [6, 6.07) is 0. The Morgan fingerprint density at radius 2 is 2.27 bits per heavy atom. The highest BCUT2D eigenvalue weighted by Gasteiger charge is 2.16. The Morgan fingerprint density at radius 3 is 2.73 bits per heavy atom. The van der Waals surface area contributed by atoms with Crippen LogP contribution in [-0.2, 0) is 22.6 Å². The molecule has 0 amide bonds. The molecule has 86 valence electrons. The van der Waals surface area contributed by atoms with Crippen molar-refractivity contribution in [3.63, 3.8) is 0 Å². The van der Waals surface area contributed by atoms with E-state index in [9.17, 15) is 8.42 Å². The average molecular weight is 231 g/mol. The number of nitrogens with two attached hydrogens (primary N) is 1. The zero-order chi connectivity index (χ0) is 11.5. The van der Waals surface area contributed by atoms with Gasteiger partial charge in [-0.05, 0) is 12.5 Å². The van der Waals surface area contributed by atoms with Gasteiger partial charge in [0, 0.05) is 18.8 Å². The average Bonchev–Trinajstić information content (AvgIpc) is 2.49. The summed E-state index contributed by atoms with van der Waals surface area (Å²) >= 11 is 0. The van der Waals surface area contributed by atoms with Crippen LogP contribution in [0.25, 0.3) is 0 Å². The monoisotopic (exact) mass is 231 g/mol. The maximum Gasteiger partial charge on any atom is 0.154 e. The molecule has 2 N–H and O–H groups in total. The van der Waals surface area contributed by atoms with Crippen LogP contribution >= 0.6 is 0 Å². The Kier molecular flexibility index (Phi) is 3.87. The van der Waals surface area contributed by atoms with Crippen molar-refractivity contribution >= 4 is 9.84 Å². The Balaban J connectivity index is 2.64. The highest BCUT2D eigenvalue weighted by molar-refractivity contribution is 7.90. The summed E-state index contributed by atoms with van der Waals surface area (Å²) in [6.07, 6.45) is 3.29. The van der Waals surface area contributed by atoms with Crippen molar-refractivity contribution in [1.29, 1.82) is 0 Å². The standard InChI is InChI=1S/C9H17N3O2S/c1-8(3-10)6-15(13,14)7-9-4-11-12(2)5-9/h4-5,8H,3,6-7,10H2,1-2H3. The molecule has 0 aromatic carbocycles. The number of aromatic nitrogens is 2. The Hall–Kier alpha value is -0.880. The number of hydrogen-bond acceptors (Lipinski definition) is 4. The van der Waals surface area contributed by atoms with Crippen LogP contribution in [0.5, 0.6) is 0 Å². The maximum atomic E-state index is 11.7. The first-order chi connectivity index (χ1) is 6.93. The fraction of sp³-hybridized carbons (Fsp3) is 0.667. The van der Waals surface area contributed by atoms with E-state index in [1.54, 1.807) is 24.1 Å². The van der Waals surface area contributed by atoms with Crippen molar-refractivity contribution in [2.24, 2.45) is 18.7 Å². The lowest BCUT2D eigenvalue weighted by Gasteiger charge is -2.08. The molecule has 0 aliphatic rings. The van der Waals surface area contributed by atoms with E-state index in [-0.39, 0.29) is 17.4 Å². The van der Waals surface area contributed by atoms with E-state index < -0.39 is 9.84 Å². The predicted molar refractivity (Wildman–Crippen MR) is 58.9 cm³/mol. The summed E-state index contributed by atoms with van der Waals surface area (Å²) in [5.74, 6) is 0.190. The summed E-state index contributed by atoms with van der Waals surface area (Å²) in [4.78, 5) is 0. The van der Waals surface area contributed by atoms with Crippen LogP contribution in [0.15, 0.2) is 12.4 Å². The first-order valence-electron chi connectivity index (χ1n) is 4.81. The first kappa shape index (κ1) is 12.2. The van der Waals surface area contributed by atoms with Crippen molar-refractivity contribution in [3.05, 3.63) is 18.0 Å². The number of rotatable bonds is 5. The summed E-state index contributed by atoms with van der Waals surface area (Å²) in [6.45, 7) is 2.23. The third kappa shape index (κ3) is 4.01. The number of sulfone groups is 1. The lowest BCUT2D eigenvalue weighted by Crippen LogP contribution is -2.21. The van der Waals surface area contributed by atoms with Crippen LogP contribution in [-0.4, -0.2) is 30.5 Å². The Labute approximate surface area is 90.2 Å². The molecule has 15 heavy (non-hydrogen) atoms. The van der Waals surface area contributed by atoms with Crippen LogP contribution in [0.3, 0.4) is 0 Å². The SMILES string of the molecule is CC(CN)CS(=O)(=O)Cc1cnn(C)c1. The second-order valence-electron chi connectivity index (χ2n) is 3.92. The van der Waals surface area contributed by atoms with Gasteiger partial charge < -0.3 is 5.73 Å². The molecule has 0 fully saturated rings. The van der Waals surface area contributed by atoms with E-state index in [1.165, 1.54) is 0 Å². The zero-order valence-corrected chi connectivity index (χ0v) is 9.87. The van der Waals surface area contributed by atoms with E-state index in [2.05, 4.69) is 5.10 Å². The molecule has 1 atom stereocenters.